The number of amides is 2. The van der Waals surface area contributed by atoms with E-state index in [9.17, 15) is 19.5 Å². The third-order valence-electron chi connectivity index (χ3n) is 14.6. The second-order valence-electron chi connectivity index (χ2n) is 19.6. The van der Waals surface area contributed by atoms with Crippen molar-refractivity contribution in [3.05, 3.63) is 82.5 Å². The van der Waals surface area contributed by atoms with Gasteiger partial charge in [-0.3, -0.25) is 29.8 Å². The number of carboxylic acid groups (broad SMARTS) is 1. The van der Waals surface area contributed by atoms with E-state index in [1.807, 2.05) is 25.8 Å². The molecular formula is C56H71F2N9O7. The van der Waals surface area contributed by atoms with Gasteiger partial charge in [0, 0.05) is 60.7 Å². The number of terminal acetylenes is 1. The number of aromatic nitrogens is 3. The molecule has 1 atom stereocenters. The fraction of sp³-hybridized carbons (Fsp3) is 0.482. The number of nitrogens with one attached hydrogen (secondary N) is 2. The van der Waals surface area contributed by atoms with Gasteiger partial charge in [0.25, 0.3) is 6.47 Å². The third-order valence-corrected chi connectivity index (χ3v) is 14.6. The number of aromatic hydroxyl groups is 1. The topological polar surface area (TPSA) is 194 Å². The number of anilines is 1. The number of pyridine rings is 1. The van der Waals surface area contributed by atoms with Gasteiger partial charge in [0.15, 0.2) is 5.82 Å². The highest BCUT2D eigenvalue weighted by atomic mass is 19.1. The molecule has 396 valence electrons. The molecule has 4 N–H and O–H groups in total. The van der Waals surface area contributed by atoms with E-state index in [2.05, 4.69) is 68.5 Å². The number of halogens is 2. The number of carbonyl (C=O) groups is 4. The summed E-state index contributed by atoms with van der Waals surface area (Å²) in [5.41, 5.74) is 5.80. The summed E-state index contributed by atoms with van der Waals surface area (Å²) in [4.78, 5) is 61.7. The Hall–Kier alpha value is -6.81. The van der Waals surface area contributed by atoms with Crippen molar-refractivity contribution < 1.29 is 42.9 Å². The van der Waals surface area contributed by atoms with Crippen molar-refractivity contribution in [2.24, 2.45) is 5.41 Å². The molecular weight excluding hydrogens is 949 g/mol. The van der Waals surface area contributed by atoms with Crippen LogP contribution in [0.15, 0.2) is 48.7 Å². The van der Waals surface area contributed by atoms with Crippen LogP contribution < -0.4 is 20.4 Å². The minimum absolute atomic E-state index is 0.00912. The first-order chi connectivity index (χ1) is 35.8. The first-order valence-corrected chi connectivity index (χ1v) is 25.6. The van der Waals surface area contributed by atoms with Crippen molar-refractivity contribution in [3.8, 4) is 35.4 Å². The van der Waals surface area contributed by atoms with Gasteiger partial charge >= 0.3 is 6.01 Å². The first kappa shape index (κ1) is 56.5. The van der Waals surface area contributed by atoms with Crippen LogP contribution in [0.2, 0.25) is 0 Å². The molecule has 2 aliphatic heterocycles. The Morgan fingerprint density at radius 2 is 1.74 bits per heavy atom. The SMILES string of the molecule is C#Cc1c(F)ccc2cc(O)cc(-c3ncc4c(N(CC)CC(C)NC)nc(OCC5(CN6CCC(N7CCC(c8ccc(C)c(CN(C=O)NC=O)c8)CC7)CC6)CC5)nc4c3F)c12.CCCCC=O.O=CO. The zero-order chi connectivity index (χ0) is 53.4. The van der Waals surface area contributed by atoms with E-state index >= 15 is 8.78 Å². The normalized spacial score (nSPS) is 16.1. The number of rotatable bonds is 21. The number of nitrogens with zero attached hydrogens (tertiary/aromatic N) is 7. The number of phenols is 1. The first-order valence-electron chi connectivity index (χ1n) is 25.6. The number of ether oxygens (including phenoxy) is 1. The molecule has 2 aromatic heterocycles. The maximum Gasteiger partial charge on any atom is 0.319 e. The lowest BCUT2D eigenvalue weighted by Gasteiger charge is -2.42. The number of likely N-dealkylation sites (tertiary alicyclic amines) is 2. The number of hydrogen-bond donors (Lipinski definition) is 4. The molecule has 1 unspecified atom stereocenters. The van der Waals surface area contributed by atoms with E-state index in [0.29, 0.717) is 67.6 Å². The van der Waals surface area contributed by atoms with E-state index in [1.165, 1.54) is 41.0 Å². The van der Waals surface area contributed by atoms with Crippen LogP contribution >= 0.6 is 0 Å². The number of aryl methyl sites for hydroxylation is 1. The Bertz CT molecular complexity index is 2760. The van der Waals surface area contributed by atoms with Crippen molar-refractivity contribution in [3.63, 3.8) is 0 Å². The summed E-state index contributed by atoms with van der Waals surface area (Å²) in [6, 6.07) is 12.8. The summed E-state index contributed by atoms with van der Waals surface area (Å²) in [6.07, 6.45) is 18.7. The largest absolute Gasteiger partial charge is 0.508 e. The average Bonchev–Trinajstić information content (AvgIpc) is 4.18. The molecule has 4 heterocycles. The Labute approximate surface area is 432 Å². The molecule has 18 heteroatoms. The van der Waals surface area contributed by atoms with E-state index < -0.39 is 11.6 Å². The quantitative estimate of drug-likeness (QED) is 0.0241. The zero-order valence-electron chi connectivity index (χ0n) is 43.3. The molecule has 1 saturated carbocycles. The summed E-state index contributed by atoms with van der Waals surface area (Å²) >= 11 is 0. The van der Waals surface area contributed by atoms with Gasteiger partial charge in [-0.1, -0.05) is 43.5 Å². The number of phenolic OH excluding ortho intramolecular Hbond substituents is 1. The second-order valence-corrected chi connectivity index (χ2v) is 19.6. The van der Waals surface area contributed by atoms with E-state index in [4.69, 9.17) is 26.0 Å². The van der Waals surface area contributed by atoms with Gasteiger partial charge in [0.05, 0.1) is 24.1 Å². The number of benzene rings is 3. The predicted octanol–water partition coefficient (Wildman–Crippen LogP) is 7.75. The van der Waals surface area contributed by atoms with Crippen molar-refractivity contribution in [2.75, 3.05) is 64.4 Å². The third kappa shape index (κ3) is 14.1. The lowest BCUT2D eigenvalue weighted by molar-refractivity contribution is -0.127. The summed E-state index contributed by atoms with van der Waals surface area (Å²) in [7, 11) is 1.89. The number of hydrazine groups is 1. The standard InChI is InChI=1S/C50H59F2N9O4.C5H10O.CH2O2/c1-6-40-43(51)11-10-36-23-39(64)24-41(44(36)40)46-45(52)47-42(25-54-46)48(59(7-2)26-33(4)53-5)57-49(56-47)65-29-50(16-17-50)28-58-18-14-38(15-19-58)60-20-12-34(13-21-60)35-9-8-32(3)37(22-35)27-61(31-63)55-30-62;1-2-3-4-5-6;2-1-3/h1,8-11,22-25,30-31,33-34,38,53,64H,7,12-21,26-29H2,2-5H3,(H,55,62);5H,2-4H2,1H3;1H,(H,2,3). The highest BCUT2D eigenvalue weighted by molar-refractivity contribution is 6.03. The highest BCUT2D eigenvalue weighted by Gasteiger charge is 2.46. The van der Waals surface area contributed by atoms with Gasteiger partial charge in [-0.05, 0) is 145 Å². The summed E-state index contributed by atoms with van der Waals surface area (Å²) in [5.74, 6) is 1.83. The van der Waals surface area contributed by atoms with Crippen LogP contribution in [0, 0.1) is 36.3 Å². The molecule has 2 saturated heterocycles. The van der Waals surface area contributed by atoms with Crippen LogP contribution in [0.25, 0.3) is 32.9 Å². The number of fused-ring (bicyclic) bond motifs is 2. The molecule has 0 bridgehead atoms. The smallest absolute Gasteiger partial charge is 0.319 e. The fourth-order valence-corrected chi connectivity index (χ4v) is 10.1. The summed E-state index contributed by atoms with van der Waals surface area (Å²) < 4.78 is 38.5. The van der Waals surface area contributed by atoms with Crippen molar-refractivity contribution in [1.29, 1.82) is 0 Å². The Morgan fingerprint density at radius 3 is 2.35 bits per heavy atom. The number of carbonyl (C=O) groups excluding carboxylic acids is 3. The predicted molar refractivity (Wildman–Crippen MR) is 283 cm³/mol. The molecule has 8 rings (SSSR count). The second kappa shape index (κ2) is 26.9. The number of aldehydes is 1. The van der Waals surface area contributed by atoms with Crippen LogP contribution in [-0.2, 0) is 25.7 Å². The minimum atomic E-state index is -0.752. The monoisotopic (exact) mass is 1020 g/mol. The van der Waals surface area contributed by atoms with Gasteiger partial charge in [-0.2, -0.15) is 9.97 Å². The molecule has 3 aliphatic rings. The summed E-state index contributed by atoms with van der Waals surface area (Å²) in [5, 5.41) is 23.2. The van der Waals surface area contributed by atoms with Crippen LogP contribution in [0.5, 0.6) is 11.8 Å². The van der Waals surface area contributed by atoms with Gasteiger partial charge in [-0.25, -0.2) is 8.78 Å². The van der Waals surface area contributed by atoms with Crippen molar-refractivity contribution in [1.82, 2.24) is 40.5 Å². The molecule has 1 aliphatic carbocycles. The lowest BCUT2D eigenvalue weighted by Crippen LogP contribution is -2.48. The molecule has 3 aromatic carbocycles. The summed E-state index contributed by atoms with van der Waals surface area (Å²) in [6.45, 7) is 14.8. The van der Waals surface area contributed by atoms with Crippen LogP contribution in [0.4, 0.5) is 14.6 Å². The lowest BCUT2D eigenvalue weighted by atomic mass is 9.86. The number of piperidine rings is 2. The highest BCUT2D eigenvalue weighted by Crippen LogP contribution is 2.47. The molecule has 3 fully saturated rings. The Morgan fingerprint density at radius 1 is 1.01 bits per heavy atom. The van der Waals surface area contributed by atoms with Gasteiger partial charge < -0.3 is 39.8 Å². The van der Waals surface area contributed by atoms with E-state index in [-0.39, 0.29) is 57.4 Å². The number of hydrogen-bond acceptors (Lipinski definition) is 13. The molecule has 5 aromatic rings. The maximum atomic E-state index is 17.1. The van der Waals surface area contributed by atoms with E-state index in [0.717, 1.165) is 108 Å². The van der Waals surface area contributed by atoms with Crippen molar-refractivity contribution >= 4 is 53.1 Å². The van der Waals surface area contributed by atoms with Gasteiger partial charge in [0.2, 0.25) is 12.8 Å². The molecule has 0 spiro atoms. The Balaban J connectivity index is 0.000000914. The van der Waals surface area contributed by atoms with Crippen LogP contribution in [-0.4, -0.2) is 137 Å². The van der Waals surface area contributed by atoms with Crippen molar-refractivity contribution in [2.45, 2.75) is 110 Å². The molecule has 74 heavy (non-hydrogen) atoms. The molecule has 2 amide bonds. The molecule has 0 radical (unpaired) electrons. The maximum absolute atomic E-state index is 17.1. The number of likely N-dealkylation sites (N-methyl/N-ethyl adjacent to an activating group) is 2. The van der Waals surface area contributed by atoms with Gasteiger partial charge in [-0.15, -0.1) is 6.42 Å². The average molecular weight is 1020 g/mol. The molecule has 16 nitrogen and oxygen atoms in total. The minimum Gasteiger partial charge on any atom is -0.508 e. The van der Waals surface area contributed by atoms with Crippen LogP contribution in [0.3, 0.4) is 0 Å². The van der Waals surface area contributed by atoms with Gasteiger partial charge in [0.1, 0.15) is 34.9 Å². The fourth-order valence-electron chi connectivity index (χ4n) is 10.1. The zero-order valence-corrected chi connectivity index (χ0v) is 43.3. The van der Waals surface area contributed by atoms with E-state index in [1.54, 1.807) is 0 Å². The number of unbranched alkanes of at least 4 members (excludes halogenated alkanes) is 2. The van der Waals surface area contributed by atoms with Crippen LogP contribution in [0.1, 0.15) is 107 Å². The Kier molecular flexibility index (Phi) is 20.6.